The van der Waals surface area contributed by atoms with Crippen LogP contribution in [0.3, 0.4) is 0 Å². The fourth-order valence-corrected chi connectivity index (χ4v) is 3.18. The number of nitrogens with zero attached hydrogens (tertiary/aromatic N) is 1. The molecule has 0 amide bonds. The van der Waals surface area contributed by atoms with Gasteiger partial charge >= 0.3 is 5.97 Å². The molecule has 3 aromatic rings. The predicted molar refractivity (Wildman–Crippen MR) is 111 cm³/mol. The zero-order valence-electron chi connectivity index (χ0n) is 16.7. The summed E-state index contributed by atoms with van der Waals surface area (Å²) in [5.74, 6) is -0.289. The van der Waals surface area contributed by atoms with Gasteiger partial charge < -0.3 is 9.72 Å². The van der Waals surface area contributed by atoms with Crippen molar-refractivity contribution >= 4 is 22.7 Å². The lowest BCUT2D eigenvalue weighted by molar-refractivity contribution is -0.142. The molecule has 0 aliphatic heterocycles. The molecule has 1 N–H and O–H groups in total. The van der Waals surface area contributed by atoms with Crippen LogP contribution in [0.5, 0.6) is 0 Å². The van der Waals surface area contributed by atoms with E-state index in [-0.39, 0.29) is 30.8 Å². The summed E-state index contributed by atoms with van der Waals surface area (Å²) in [5, 5.41) is 0.505. The molecule has 0 atom stereocenters. The minimum Gasteiger partial charge on any atom is -0.457 e. The molecule has 3 rings (SSSR count). The molecular weight excluding hydrogens is 368 g/mol. The number of Topliss-reactive ketones (excluding diaryl/α,β-unsaturated/α-hetero) is 1. The van der Waals surface area contributed by atoms with Crippen LogP contribution in [0.15, 0.2) is 47.3 Å². The van der Waals surface area contributed by atoms with Gasteiger partial charge in [-0.3, -0.25) is 14.4 Å². The normalized spacial score (nSPS) is 10.8. The molecule has 0 radical (unpaired) electrons. The number of benzene rings is 2. The number of rotatable bonds is 8. The van der Waals surface area contributed by atoms with Gasteiger partial charge in [0.15, 0.2) is 6.61 Å². The third kappa shape index (κ3) is 4.96. The Morgan fingerprint density at radius 2 is 1.86 bits per heavy atom. The number of fused-ring (bicyclic) bond motifs is 1. The van der Waals surface area contributed by atoms with E-state index in [0.717, 1.165) is 24.0 Å². The van der Waals surface area contributed by atoms with Gasteiger partial charge in [-0.05, 0) is 42.2 Å². The molecule has 0 saturated heterocycles. The van der Waals surface area contributed by atoms with Crippen molar-refractivity contribution in [3.8, 4) is 0 Å². The van der Waals surface area contributed by atoms with Crippen LogP contribution >= 0.6 is 0 Å². The van der Waals surface area contributed by atoms with E-state index in [0.29, 0.717) is 22.3 Å². The van der Waals surface area contributed by atoms with Gasteiger partial charge in [-0.25, -0.2) is 4.98 Å². The molecule has 0 aliphatic rings. The Bertz CT molecular complexity index is 1100. The largest absolute Gasteiger partial charge is 0.457 e. The number of para-hydroxylation sites is 1. The summed E-state index contributed by atoms with van der Waals surface area (Å²) in [6.45, 7) is 3.72. The third-order valence-corrected chi connectivity index (χ3v) is 4.86. The van der Waals surface area contributed by atoms with E-state index in [1.54, 1.807) is 24.3 Å². The van der Waals surface area contributed by atoms with Crippen LogP contribution in [0.25, 0.3) is 10.9 Å². The quantitative estimate of drug-likeness (QED) is 0.469. The summed E-state index contributed by atoms with van der Waals surface area (Å²) in [6.07, 6.45) is 1.84. The highest BCUT2D eigenvalue weighted by molar-refractivity contribution is 5.99. The zero-order valence-corrected chi connectivity index (χ0v) is 16.7. The van der Waals surface area contributed by atoms with Crippen LogP contribution in [0.4, 0.5) is 0 Å². The molecule has 0 bridgehead atoms. The lowest BCUT2D eigenvalue weighted by Crippen LogP contribution is -2.17. The Morgan fingerprint density at radius 1 is 1.07 bits per heavy atom. The first-order chi connectivity index (χ1) is 14.0. The number of hydrogen-bond acceptors (Lipinski definition) is 5. The van der Waals surface area contributed by atoms with Crippen molar-refractivity contribution in [1.82, 2.24) is 9.97 Å². The first-order valence-corrected chi connectivity index (χ1v) is 9.80. The third-order valence-electron chi connectivity index (χ3n) is 4.86. The number of hydrogen-bond donors (Lipinski definition) is 1. The van der Waals surface area contributed by atoms with Crippen LogP contribution in [0, 0.1) is 0 Å². The highest BCUT2D eigenvalue weighted by Gasteiger charge is 2.14. The van der Waals surface area contributed by atoms with E-state index in [4.69, 9.17) is 4.74 Å². The van der Waals surface area contributed by atoms with Crippen LogP contribution in [-0.2, 0) is 28.8 Å². The molecule has 0 spiro atoms. The SMILES string of the molecule is CCc1ccc(CC)c(C(=O)COC(=O)CCc2nc3ccccc3c(=O)[nH]2)c1. The molecule has 6 nitrogen and oxygen atoms in total. The van der Waals surface area contributed by atoms with Crippen LogP contribution in [-0.4, -0.2) is 28.3 Å². The summed E-state index contributed by atoms with van der Waals surface area (Å²) in [7, 11) is 0. The number of H-pyrrole nitrogens is 1. The second-order valence-electron chi connectivity index (χ2n) is 6.81. The van der Waals surface area contributed by atoms with Crippen LogP contribution in [0.1, 0.15) is 47.6 Å². The maximum absolute atomic E-state index is 12.5. The molecule has 0 fully saturated rings. The zero-order chi connectivity index (χ0) is 20.8. The lowest BCUT2D eigenvalue weighted by atomic mass is 9.98. The van der Waals surface area contributed by atoms with Gasteiger partial charge in [-0.15, -0.1) is 0 Å². The van der Waals surface area contributed by atoms with E-state index < -0.39 is 5.97 Å². The topological polar surface area (TPSA) is 89.1 Å². The van der Waals surface area contributed by atoms with E-state index >= 15 is 0 Å². The Balaban J connectivity index is 1.59. The Morgan fingerprint density at radius 3 is 2.62 bits per heavy atom. The second kappa shape index (κ2) is 9.28. The first-order valence-electron chi connectivity index (χ1n) is 9.80. The second-order valence-corrected chi connectivity index (χ2v) is 6.81. The predicted octanol–water partition coefficient (Wildman–Crippen LogP) is 3.41. The molecule has 6 heteroatoms. The molecule has 2 aromatic carbocycles. The van der Waals surface area contributed by atoms with Gasteiger partial charge in [0.25, 0.3) is 5.56 Å². The highest BCUT2D eigenvalue weighted by atomic mass is 16.5. The molecule has 150 valence electrons. The fourth-order valence-electron chi connectivity index (χ4n) is 3.18. The van der Waals surface area contributed by atoms with Crippen molar-refractivity contribution in [2.24, 2.45) is 0 Å². The number of carbonyl (C=O) groups excluding carboxylic acids is 2. The Kier molecular flexibility index (Phi) is 6.54. The number of esters is 1. The number of ether oxygens (including phenoxy) is 1. The molecule has 0 unspecified atom stereocenters. The molecule has 1 heterocycles. The number of carbonyl (C=O) groups is 2. The maximum atomic E-state index is 12.5. The molecule has 0 saturated carbocycles. The first kappa shape index (κ1) is 20.5. The number of aryl methyl sites for hydroxylation is 3. The number of aromatic nitrogens is 2. The average molecular weight is 392 g/mol. The van der Waals surface area contributed by atoms with Crippen LogP contribution < -0.4 is 5.56 Å². The molecule has 29 heavy (non-hydrogen) atoms. The van der Waals surface area contributed by atoms with Gasteiger partial charge in [-0.2, -0.15) is 0 Å². The van der Waals surface area contributed by atoms with Gasteiger partial charge in [0.2, 0.25) is 5.78 Å². The van der Waals surface area contributed by atoms with Gasteiger partial charge in [-0.1, -0.05) is 38.1 Å². The number of ketones is 1. The summed E-state index contributed by atoms with van der Waals surface area (Å²) in [4.78, 5) is 43.7. The summed E-state index contributed by atoms with van der Waals surface area (Å²) in [5.41, 5.74) is 2.97. The van der Waals surface area contributed by atoms with E-state index in [1.807, 2.05) is 32.0 Å². The minimum atomic E-state index is -0.501. The number of nitrogens with one attached hydrogen (secondary N) is 1. The average Bonchev–Trinajstić information content (AvgIpc) is 2.75. The van der Waals surface area contributed by atoms with Crippen molar-refractivity contribution in [2.45, 2.75) is 39.5 Å². The smallest absolute Gasteiger partial charge is 0.306 e. The van der Waals surface area contributed by atoms with Gasteiger partial charge in [0.05, 0.1) is 17.3 Å². The van der Waals surface area contributed by atoms with Gasteiger partial charge in [0, 0.05) is 12.0 Å². The Labute approximate surface area is 168 Å². The maximum Gasteiger partial charge on any atom is 0.306 e. The van der Waals surface area contributed by atoms with Crippen molar-refractivity contribution in [3.05, 3.63) is 75.3 Å². The van der Waals surface area contributed by atoms with E-state index in [1.165, 1.54) is 0 Å². The van der Waals surface area contributed by atoms with Gasteiger partial charge in [0.1, 0.15) is 5.82 Å². The Hall–Kier alpha value is -3.28. The van der Waals surface area contributed by atoms with Crippen LogP contribution in [0.2, 0.25) is 0 Å². The molecule has 0 aliphatic carbocycles. The summed E-state index contributed by atoms with van der Waals surface area (Å²) >= 11 is 0. The minimum absolute atomic E-state index is 0.0319. The highest BCUT2D eigenvalue weighted by Crippen LogP contribution is 2.15. The van der Waals surface area contributed by atoms with E-state index in [9.17, 15) is 14.4 Å². The standard InChI is InChI=1S/C23H24N2O4/c1-3-15-9-10-16(4-2)18(13-15)20(26)14-29-22(27)12-11-21-24-19-8-6-5-7-17(19)23(28)25-21/h5-10,13H,3-4,11-12,14H2,1-2H3,(H,24,25,28). The monoisotopic (exact) mass is 392 g/mol. The van der Waals surface area contributed by atoms with Crippen molar-refractivity contribution in [2.75, 3.05) is 6.61 Å². The lowest BCUT2D eigenvalue weighted by Gasteiger charge is -2.10. The molecular formula is C23H24N2O4. The van der Waals surface area contributed by atoms with Crippen molar-refractivity contribution < 1.29 is 14.3 Å². The molecule has 1 aromatic heterocycles. The van der Waals surface area contributed by atoms with Crippen molar-refractivity contribution in [3.63, 3.8) is 0 Å². The fraction of sp³-hybridized carbons (Fsp3) is 0.304. The van der Waals surface area contributed by atoms with Crippen molar-refractivity contribution in [1.29, 1.82) is 0 Å². The van der Waals surface area contributed by atoms with E-state index in [2.05, 4.69) is 9.97 Å². The number of aromatic amines is 1. The summed E-state index contributed by atoms with van der Waals surface area (Å²) < 4.78 is 5.16. The summed E-state index contributed by atoms with van der Waals surface area (Å²) in [6, 6.07) is 12.9.